The molecule has 0 saturated carbocycles. The number of aliphatic hydroxyl groups excluding tert-OH is 1. The molecule has 0 aliphatic rings. The first kappa shape index (κ1) is 31.1. The molecule has 2 amide bonds. The summed E-state index contributed by atoms with van der Waals surface area (Å²) in [6, 6.07) is 13.8. The molecule has 0 fully saturated rings. The van der Waals surface area contributed by atoms with Crippen LogP contribution in [0.1, 0.15) is 20.7 Å². The van der Waals surface area contributed by atoms with Gasteiger partial charge >= 0.3 is 0 Å². The molecule has 1 unspecified atom stereocenters. The van der Waals surface area contributed by atoms with Gasteiger partial charge in [0.05, 0.1) is 29.5 Å². The molecule has 0 saturated heterocycles. The van der Waals surface area contributed by atoms with Crippen LogP contribution in [0.2, 0.25) is 0 Å². The number of benzene rings is 3. The number of fused-ring (bicyclic) bond motifs is 1. The van der Waals surface area contributed by atoms with E-state index in [-0.39, 0.29) is 23.8 Å². The van der Waals surface area contributed by atoms with E-state index in [1.165, 1.54) is 37.2 Å². The summed E-state index contributed by atoms with van der Waals surface area (Å²) >= 11 is 1.47. The second-order valence-electron chi connectivity index (χ2n) is 9.55. The highest BCUT2D eigenvalue weighted by molar-refractivity contribution is 7.99. The molecule has 1 atom stereocenters. The third kappa shape index (κ3) is 6.35. The molecule has 1 heterocycles. The maximum Gasteiger partial charge on any atom is 0.255 e. The highest BCUT2D eigenvalue weighted by Gasteiger charge is 2.25. The fourth-order valence-electron chi connectivity index (χ4n) is 4.73. The average molecular weight is 601 g/mol. The molecule has 0 radical (unpaired) electrons. The van der Waals surface area contributed by atoms with Crippen molar-refractivity contribution in [3.63, 3.8) is 0 Å². The van der Waals surface area contributed by atoms with Gasteiger partial charge in [0.25, 0.3) is 11.8 Å². The summed E-state index contributed by atoms with van der Waals surface area (Å²) in [5.41, 5.74) is 10.7. The van der Waals surface area contributed by atoms with Gasteiger partial charge in [0.15, 0.2) is 0 Å². The average Bonchev–Trinajstić information content (AvgIpc) is 3.40. The number of anilines is 2. The van der Waals surface area contributed by atoms with Crippen LogP contribution >= 0.6 is 11.9 Å². The van der Waals surface area contributed by atoms with Gasteiger partial charge in [0, 0.05) is 48.6 Å². The Balaban J connectivity index is 1.90. The molecular formula is C33H33FN4O4S. The monoisotopic (exact) mass is 600 g/mol. The second kappa shape index (κ2) is 13.5. The van der Waals surface area contributed by atoms with Gasteiger partial charge in [-0.1, -0.05) is 49.4 Å². The molecule has 0 bridgehead atoms. The lowest BCUT2D eigenvalue weighted by molar-refractivity contribution is 0.0926. The molecule has 10 heteroatoms. The molecule has 43 heavy (non-hydrogen) atoms. The number of nitrogen functional groups attached to an aromatic ring is 1. The smallest absolute Gasteiger partial charge is 0.255 e. The van der Waals surface area contributed by atoms with Gasteiger partial charge in [0.2, 0.25) is 0 Å². The van der Waals surface area contributed by atoms with E-state index in [4.69, 9.17) is 10.2 Å². The standard InChI is InChI=1S/C33H33FN4O4S/c1-6-8-19(7-2)27(18-39)37-32(40)24-15-21(11-14-26(24)35)23-16-25-29(17-28(23)38(4)43-5)42-31(30(25)33(41)36-3)20-9-12-22(34)13-10-20/h6-17,27,39H,1-2,18,35H2,3-5H3,(H,36,41)(H,37,40)/b19-8+. The van der Waals surface area contributed by atoms with Crippen molar-refractivity contribution in [1.82, 2.24) is 10.6 Å². The molecule has 5 N–H and O–H groups in total. The normalized spacial score (nSPS) is 12.1. The van der Waals surface area contributed by atoms with Crippen LogP contribution in [-0.2, 0) is 0 Å². The van der Waals surface area contributed by atoms with Crippen molar-refractivity contribution >= 4 is 46.1 Å². The second-order valence-corrected chi connectivity index (χ2v) is 10.5. The van der Waals surface area contributed by atoms with Gasteiger partial charge in [-0.3, -0.25) is 9.59 Å². The van der Waals surface area contributed by atoms with Crippen molar-refractivity contribution in [3.8, 4) is 22.5 Å². The first-order chi connectivity index (χ1) is 20.7. The molecule has 222 valence electrons. The van der Waals surface area contributed by atoms with Crippen LogP contribution in [0.25, 0.3) is 33.4 Å². The van der Waals surface area contributed by atoms with Crippen molar-refractivity contribution < 1.29 is 23.5 Å². The van der Waals surface area contributed by atoms with Crippen molar-refractivity contribution in [2.75, 3.05) is 37.0 Å². The lowest BCUT2D eigenvalue weighted by atomic mass is 9.96. The Bertz CT molecular complexity index is 1730. The summed E-state index contributed by atoms with van der Waals surface area (Å²) in [6.45, 7) is 7.06. The predicted octanol–water partition coefficient (Wildman–Crippen LogP) is 5.95. The maximum atomic E-state index is 13.7. The van der Waals surface area contributed by atoms with Gasteiger partial charge in [-0.15, -0.1) is 0 Å². The number of nitrogens with zero attached hydrogens (tertiary/aromatic N) is 1. The number of halogens is 1. The molecule has 8 nitrogen and oxygen atoms in total. The molecule has 0 aliphatic heterocycles. The van der Waals surface area contributed by atoms with Crippen LogP contribution in [-0.4, -0.2) is 49.9 Å². The number of hydrogen-bond acceptors (Lipinski definition) is 7. The van der Waals surface area contributed by atoms with Crippen LogP contribution in [0.4, 0.5) is 15.8 Å². The van der Waals surface area contributed by atoms with Crippen molar-refractivity contribution in [3.05, 3.63) is 109 Å². The summed E-state index contributed by atoms with van der Waals surface area (Å²) in [7, 11) is 3.41. The van der Waals surface area contributed by atoms with E-state index in [1.807, 2.05) is 29.7 Å². The number of rotatable bonds is 11. The molecule has 3 aromatic carbocycles. The van der Waals surface area contributed by atoms with Crippen LogP contribution in [0.3, 0.4) is 0 Å². The zero-order valence-corrected chi connectivity index (χ0v) is 24.9. The fraction of sp³-hybridized carbons (Fsp3) is 0.152. The van der Waals surface area contributed by atoms with Crippen molar-refractivity contribution in [2.24, 2.45) is 0 Å². The number of nitrogens with two attached hydrogens (primary N) is 1. The highest BCUT2D eigenvalue weighted by atomic mass is 32.2. The Kier molecular flexibility index (Phi) is 9.74. The van der Waals surface area contributed by atoms with E-state index >= 15 is 0 Å². The lowest BCUT2D eigenvalue weighted by Crippen LogP contribution is -2.38. The van der Waals surface area contributed by atoms with E-state index in [0.717, 1.165) is 5.69 Å². The van der Waals surface area contributed by atoms with Crippen LogP contribution < -0.4 is 20.7 Å². The summed E-state index contributed by atoms with van der Waals surface area (Å²) < 4.78 is 21.8. The summed E-state index contributed by atoms with van der Waals surface area (Å²) in [6.07, 6.45) is 6.66. The number of hydrogen-bond donors (Lipinski definition) is 4. The molecular weight excluding hydrogens is 567 g/mol. The van der Waals surface area contributed by atoms with E-state index in [1.54, 1.807) is 42.5 Å². The van der Waals surface area contributed by atoms with Crippen molar-refractivity contribution in [2.45, 2.75) is 6.04 Å². The van der Waals surface area contributed by atoms with Crippen LogP contribution in [0.15, 0.2) is 96.0 Å². The van der Waals surface area contributed by atoms with E-state index in [0.29, 0.717) is 44.6 Å². The SMILES string of the molecule is C=C/C=C(\C=C)C(CO)NC(=O)c1cc(-c2cc3c(C(=O)NC)c(-c4ccc(F)cc4)oc3cc2N(C)SC)ccc1N. The summed E-state index contributed by atoms with van der Waals surface area (Å²) in [5.74, 6) is -0.947. The van der Waals surface area contributed by atoms with Gasteiger partial charge in [-0.05, 0) is 53.6 Å². The predicted molar refractivity (Wildman–Crippen MR) is 174 cm³/mol. The van der Waals surface area contributed by atoms with Gasteiger partial charge < -0.3 is 30.2 Å². The Labute approximate surface area is 253 Å². The summed E-state index contributed by atoms with van der Waals surface area (Å²) in [5, 5.41) is 16.0. The summed E-state index contributed by atoms with van der Waals surface area (Å²) in [4.78, 5) is 26.5. The molecule has 0 spiro atoms. The number of carbonyl (C=O) groups excluding carboxylic acids is 2. The Morgan fingerprint density at radius 3 is 2.42 bits per heavy atom. The highest BCUT2D eigenvalue weighted by Crippen LogP contribution is 2.42. The van der Waals surface area contributed by atoms with Crippen LogP contribution in [0.5, 0.6) is 0 Å². The topological polar surface area (TPSA) is 121 Å². The molecule has 0 aliphatic carbocycles. The Hall–Kier alpha value is -4.80. The third-order valence-electron chi connectivity index (χ3n) is 7.03. The van der Waals surface area contributed by atoms with E-state index in [9.17, 15) is 19.1 Å². The molecule has 1 aromatic heterocycles. The maximum absolute atomic E-state index is 13.7. The van der Waals surface area contributed by atoms with Gasteiger partial charge in [-0.2, -0.15) is 0 Å². The van der Waals surface area contributed by atoms with Crippen LogP contribution in [0, 0.1) is 5.82 Å². The molecule has 4 aromatic rings. The number of amides is 2. The molecule has 4 rings (SSSR count). The minimum Gasteiger partial charge on any atom is -0.455 e. The van der Waals surface area contributed by atoms with E-state index in [2.05, 4.69) is 23.8 Å². The Morgan fingerprint density at radius 1 is 1.12 bits per heavy atom. The number of carbonyl (C=O) groups is 2. The van der Waals surface area contributed by atoms with E-state index < -0.39 is 17.8 Å². The number of allylic oxidation sites excluding steroid dienone is 2. The third-order valence-corrected chi connectivity index (χ3v) is 7.77. The Morgan fingerprint density at radius 2 is 1.81 bits per heavy atom. The zero-order chi connectivity index (χ0) is 31.3. The fourth-order valence-corrected chi connectivity index (χ4v) is 5.08. The minimum atomic E-state index is -0.716. The minimum absolute atomic E-state index is 0.210. The van der Waals surface area contributed by atoms with Gasteiger partial charge in [0.1, 0.15) is 17.2 Å². The van der Waals surface area contributed by atoms with Crippen molar-refractivity contribution in [1.29, 1.82) is 0 Å². The number of nitrogens with one attached hydrogen (secondary N) is 2. The van der Waals surface area contributed by atoms with Gasteiger partial charge in [-0.25, -0.2) is 4.39 Å². The lowest BCUT2D eigenvalue weighted by Gasteiger charge is -2.21. The number of aliphatic hydroxyl groups is 1. The quantitative estimate of drug-likeness (QED) is 0.0954. The zero-order valence-electron chi connectivity index (χ0n) is 24.1. The largest absolute Gasteiger partial charge is 0.455 e. The number of furan rings is 1. The first-order valence-electron chi connectivity index (χ1n) is 13.3. The first-order valence-corrected chi connectivity index (χ1v) is 14.5.